The summed E-state index contributed by atoms with van der Waals surface area (Å²) in [5.74, 6) is 0.468. The summed E-state index contributed by atoms with van der Waals surface area (Å²) < 4.78 is 5.36. The first-order valence-electron chi connectivity index (χ1n) is 4.34. The minimum Gasteiger partial charge on any atom is -0.396 e. The quantitative estimate of drug-likeness (QED) is 0.567. The minimum atomic E-state index is 0.324. The average Bonchev–Trinajstić information content (AvgIpc) is 2.47. The highest BCUT2D eigenvalue weighted by Crippen LogP contribution is 2.25. The number of aliphatic hydroxyl groups is 1. The Morgan fingerprint density at radius 1 is 1.45 bits per heavy atom. The van der Waals surface area contributed by atoms with Gasteiger partial charge in [-0.1, -0.05) is 0 Å². The molecule has 0 unspecified atom stereocenters. The molecule has 0 aromatic carbocycles. The maximum Gasteiger partial charge on any atom is 0.0626 e. The standard InChI is InChI=1S/C8H15NO2/c10-5-7-1-2-9-3-4-11-6-8(7)9/h7-8,10H,1-6H2/t7-,8+/m0/s1. The van der Waals surface area contributed by atoms with Crippen molar-refractivity contribution in [3.63, 3.8) is 0 Å². The number of aliphatic hydroxyl groups excluding tert-OH is 1. The summed E-state index contributed by atoms with van der Waals surface area (Å²) in [4.78, 5) is 2.43. The molecule has 11 heavy (non-hydrogen) atoms. The van der Waals surface area contributed by atoms with Gasteiger partial charge in [-0.05, 0) is 13.0 Å². The summed E-state index contributed by atoms with van der Waals surface area (Å²) in [5, 5.41) is 9.02. The maximum atomic E-state index is 9.02. The normalized spacial score (nSPS) is 39.0. The van der Waals surface area contributed by atoms with Crippen LogP contribution in [0.1, 0.15) is 6.42 Å². The van der Waals surface area contributed by atoms with Crippen LogP contribution >= 0.6 is 0 Å². The molecular weight excluding hydrogens is 142 g/mol. The van der Waals surface area contributed by atoms with E-state index in [0.29, 0.717) is 18.6 Å². The molecule has 0 aromatic rings. The Bertz CT molecular complexity index is 134. The zero-order chi connectivity index (χ0) is 7.68. The second kappa shape index (κ2) is 3.09. The Hall–Kier alpha value is -0.120. The van der Waals surface area contributed by atoms with Crippen molar-refractivity contribution in [3.05, 3.63) is 0 Å². The molecule has 0 bridgehead atoms. The highest BCUT2D eigenvalue weighted by molar-refractivity contribution is 4.88. The van der Waals surface area contributed by atoms with Gasteiger partial charge in [0.1, 0.15) is 0 Å². The number of rotatable bonds is 1. The zero-order valence-corrected chi connectivity index (χ0v) is 6.70. The van der Waals surface area contributed by atoms with E-state index < -0.39 is 0 Å². The molecule has 2 fully saturated rings. The Kier molecular flexibility index (Phi) is 2.11. The van der Waals surface area contributed by atoms with E-state index in [2.05, 4.69) is 4.90 Å². The molecule has 2 saturated heterocycles. The molecule has 0 aliphatic carbocycles. The van der Waals surface area contributed by atoms with Crippen molar-refractivity contribution in [2.45, 2.75) is 12.5 Å². The Labute approximate surface area is 66.9 Å². The summed E-state index contributed by atoms with van der Waals surface area (Å²) in [6, 6.07) is 0.508. The molecule has 2 heterocycles. The van der Waals surface area contributed by atoms with Gasteiger partial charge in [-0.3, -0.25) is 4.90 Å². The third kappa shape index (κ3) is 1.28. The molecule has 2 atom stereocenters. The molecule has 3 nitrogen and oxygen atoms in total. The molecule has 2 rings (SSSR count). The van der Waals surface area contributed by atoms with Crippen LogP contribution in [0.5, 0.6) is 0 Å². The molecule has 0 radical (unpaired) electrons. The fourth-order valence-electron chi connectivity index (χ4n) is 2.11. The average molecular weight is 157 g/mol. The first-order valence-corrected chi connectivity index (χ1v) is 4.34. The van der Waals surface area contributed by atoms with Crippen molar-refractivity contribution in [2.24, 2.45) is 5.92 Å². The van der Waals surface area contributed by atoms with Gasteiger partial charge in [0.2, 0.25) is 0 Å². The Morgan fingerprint density at radius 2 is 2.36 bits per heavy atom. The maximum absolute atomic E-state index is 9.02. The number of hydrogen-bond acceptors (Lipinski definition) is 3. The van der Waals surface area contributed by atoms with E-state index in [1.807, 2.05) is 0 Å². The van der Waals surface area contributed by atoms with Gasteiger partial charge in [0, 0.05) is 25.1 Å². The third-order valence-corrected chi connectivity index (χ3v) is 2.85. The summed E-state index contributed by atoms with van der Waals surface area (Å²) in [6.45, 7) is 4.23. The fraction of sp³-hybridized carbons (Fsp3) is 1.00. The summed E-state index contributed by atoms with van der Waals surface area (Å²) in [5.41, 5.74) is 0. The summed E-state index contributed by atoms with van der Waals surface area (Å²) >= 11 is 0. The molecule has 1 N–H and O–H groups in total. The van der Waals surface area contributed by atoms with Crippen LogP contribution in [-0.2, 0) is 4.74 Å². The van der Waals surface area contributed by atoms with Crippen LogP contribution in [0.2, 0.25) is 0 Å². The van der Waals surface area contributed by atoms with Crippen LogP contribution < -0.4 is 0 Å². The lowest BCUT2D eigenvalue weighted by atomic mass is 10.0. The highest BCUT2D eigenvalue weighted by atomic mass is 16.5. The smallest absolute Gasteiger partial charge is 0.0626 e. The first kappa shape index (κ1) is 7.53. The van der Waals surface area contributed by atoms with Gasteiger partial charge >= 0.3 is 0 Å². The van der Waals surface area contributed by atoms with Gasteiger partial charge in [0.15, 0.2) is 0 Å². The van der Waals surface area contributed by atoms with Crippen LogP contribution in [0.4, 0.5) is 0 Å². The van der Waals surface area contributed by atoms with Crippen molar-refractivity contribution in [3.8, 4) is 0 Å². The molecule has 3 heteroatoms. The summed E-state index contributed by atoms with van der Waals surface area (Å²) in [7, 11) is 0. The monoisotopic (exact) mass is 157 g/mol. The van der Waals surface area contributed by atoms with Gasteiger partial charge in [-0.25, -0.2) is 0 Å². The zero-order valence-electron chi connectivity index (χ0n) is 6.70. The third-order valence-electron chi connectivity index (χ3n) is 2.85. The molecule has 0 saturated carbocycles. The second-order valence-electron chi connectivity index (χ2n) is 3.41. The lowest BCUT2D eigenvalue weighted by Crippen LogP contribution is -2.44. The number of morpholine rings is 1. The highest BCUT2D eigenvalue weighted by Gasteiger charge is 2.35. The fourth-order valence-corrected chi connectivity index (χ4v) is 2.11. The Morgan fingerprint density at radius 3 is 3.18 bits per heavy atom. The molecule has 2 aliphatic heterocycles. The van der Waals surface area contributed by atoms with Crippen molar-refractivity contribution >= 4 is 0 Å². The van der Waals surface area contributed by atoms with E-state index in [-0.39, 0.29) is 0 Å². The van der Waals surface area contributed by atoms with E-state index in [1.54, 1.807) is 0 Å². The topological polar surface area (TPSA) is 32.7 Å². The molecule has 0 amide bonds. The van der Waals surface area contributed by atoms with Crippen molar-refractivity contribution < 1.29 is 9.84 Å². The van der Waals surface area contributed by atoms with Gasteiger partial charge in [-0.15, -0.1) is 0 Å². The van der Waals surface area contributed by atoms with E-state index in [0.717, 1.165) is 32.7 Å². The largest absolute Gasteiger partial charge is 0.396 e. The SMILES string of the molecule is OC[C@@H]1CCN2CCOC[C@H]12. The van der Waals surface area contributed by atoms with Gasteiger partial charge in [0.05, 0.1) is 13.2 Å². The first-order chi connectivity index (χ1) is 5.42. The van der Waals surface area contributed by atoms with E-state index in [9.17, 15) is 0 Å². The number of hydrogen-bond donors (Lipinski definition) is 1. The van der Waals surface area contributed by atoms with Crippen molar-refractivity contribution in [1.29, 1.82) is 0 Å². The molecular formula is C8H15NO2. The number of fused-ring (bicyclic) bond motifs is 1. The lowest BCUT2D eigenvalue weighted by Gasteiger charge is -2.31. The van der Waals surface area contributed by atoms with Crippen LogP contribution in [0.25, 0.3) is 0 Å². The van der Waals surface area contributed by atoms with Crippen molar-refractivity contribution in [2.75, 3.05) is 32.9 Å². The van der Waals surface area contributed by atoms with E-state index in [4.69, 9.17) is 9.84 Å². The van der Waals surface area contributed by atoms with Crippen LogP contribution in [0.15, 0.2) is 0 Å². The predicted molar refractivity (Wildman–Crippen MR) is 41.4 cm³/mol. The predicted octanol–water partition coefficient (Wildman–Crippen LogP) is -0.301. The van der Waals surface area contributed by atoms with Crippen LogP contribution in [0.3, 0.4) is 0 Å². The molecule has 0 spiro atoms. The van der Waals surface area contributed by atoms with E-state index >= 15 is 0 Å². The van der Waals surface area contributed by atoms with Gasteiger partial charge in [-0.2, -0.15) is 0 Å². The molecule has 64 valence electrons. The van der Waals surface area contributed by atoms with Crippen LogP contribution in [-0.4, -0.2) is 49.0 Å². The van der Waals surface area contributed by atoms with Gasteiger partial charge < -0.3 is 9.84 Å². The molecule has 0 aromatic heterocycles. The molecule has 2 aliphatic rings. The van der Waals surface area contributed by atoms with Gasteiger partial charge in [0.25, 0.3) is 0 Å². The minimum absolute atomic E-state index is 0.324. The lowest BCUT2D eigenvalue weighted by molar-refractivity contribution is -0.00622. The number of nitrogens with zero attached hydrogens (tertiary/aromatic N) is 1. The number of ether oxygens (including phenoxy) is 1. The Balaban J connectivity index is 1.98. The van der Waals surface area contributed by atoms with Crippen molar-refractivity contribution in [1.82, 2.24) is 4.90 Å². The van der Waals surface area contributed by atoms with Crippen LogP contribution in [0, 0.1) is 5.92 Å². The second-order valence-corrected chi connectivity index (χ2v) is 3.41. The van der Waals surface area contributed by atoms with E-state index in [1.165, 1.54) is 0 Å². The summed E-state index contributed by atoms with van der Waals surface area (Å²) in [6.07, 6.45) is 1.14.